The number of hydrogen-bond acceptors (Lipinski definition) is 9. The predicted octanol–water partition coefficient (Wildman–Crippen LogP) is 5.93. The number of Topliss-reactive ketones (excluding diaryl/α,β-unsaturated/α-hetero) is 1. The number of hydrogen-bond donors (Lipinski definition) is 2. The van der Waals surface area contributed by atoms with E-state index >= 15 is 0 Å². The second-order valence-corrected chi connectivity index (χ2v) is 17.2. The summed E-state index contributed by atoms with van der Waals surface area (Å²) in [6, 6.07) is 11.4. The van der Waals surface area contributed by atoms with Crippen LogP contribution < -0.4 is 5.32 Å². The Morgan fingerprint density at radius 1 is 0.914 bits per heavy atom. The first-order chi connectivity index (χ1) is 27.5. The minimum absolute atomic E-state index is 0.0110. The van der Waals surface area contributed by atoms with Gasteiger partial charge in [0, 0.05) is 59.1 Å². The molecule has 0 aliphatic carbocycles. The minimum atomic E-state index is -0.879. The number of methoxy groups -OCH3 is 2. The zero-order valence-corrected chi connectivity index (χ0v) is 37.3. The fourth-order valence-electron chi connectivity index (χ4n) is 8.89. The molecule has 0 spiro atoms. The summed E-state index contributed by atoms with van der Waals surface area (Å²) >= 11 is 0. The number of carbonyl (C=O) groups is 4. The second-order valence-electron chi connectivity index (χ2n) is 17.2. The van der Waals surface area contributed by atoms with Gasteiger partial charge in [-0.25, -0.2) is 0 Å². The average molecular weight is 808 g/mol. The molecule has 3 amide bonds. The van der Waals surface area contributed by atoms with Crippen molar-refractivity contribution < 1.29 is 33.8 Å². The molecule has 0 saturated carbocycles. The fourth-order valence-corrected chi connectivity index (χ4v) is 8.89. The molecule has 324 valence electrons. The molecule has 10 atom stereocenters. The van der Waals surface area contributed by atoms with Gasteiger partial charge in [0.15, 0.2) is 5.78 Å². The first kappa shape index (κ1) is 48.7. The van der Waals surface area contributed by atoms with Gasteiger partial charge in [-0.2, -0.15) is 0 Å². The smallest absolute Gasteiger partial charge is 0.226 e. The molecule has 12 heteroatoms. The summed E-state index contributed by atoms with van der Waals surface area (Å²) in [5.41, 5.74) is 1.77. The number of benzene rings is 1. The summed E-state index contributed by atoms with van der Waals surface area (Å²) < 4.78 is 12.0. The number of carbonyl (C=O) groups excluding carboxylic acids is 4. The molecule has 2 heterocycles. The first-order valence-electron chi connectivity index (χ1n) is 21.3. The molecular formula is C46H73N5O7. The topological polar surface area (TPSA) is 142 Å². The minimum Gasteiger partial charge on any atom is -0.386 e. The number of ketones is 1. The average Bonchev–Trinajstić information content (AvgIpc) is 3.69. The fraction of sp³-hybridized carbons (Fsp3) is 0.674. The van der Waals surface area contributed by atoms with Crippen LogP contribution in [-0.4, -0.2) is 120 Å². The maximum Gasteiger partial charge on any atom is 0.226 e. The Bertz CT molecular complexity index is 1580. The van der Waals surface area contributed by atoms with E-state index in [2.05, 4.69) is 29.0 Å². The maximum absolute atomic E-state index is 14.5. The van der Waals surface area contributed by atoms with E-state index in [-0.39, 0.29) is 66.2 Å². The van der Waals surface area contributed by atoms with Crippen molar-refractivity contribution in [3.8, 4) is 0 Å². The molecular weight excluding hydrogens is 735 g/mol. The van der Waals surface area contributed by atoms with Crippen molar-refractivity contribution in [1.82, 2.24) is 25.0 Å². The summed E-state index contributed by atoms with van der Waals surface area (Å²) in [5.74, 6) is -1.72. The highest BCUT2D eigenvalue weighted by Crippen LogP contribution is 2.31. The third-order valence-electron chi connectivity index (χ3n) is 12.4. The molecule has 1 fully saturated rings. The lowest BCUT2D eigenvalue weighted by Crippen LogP contribution is -2.54. The zero-order valence-electron chi connectivity index (χ0n) is 37.3. The van der Waals surface area contributed by atoms with Crippen LogP contribution in [-0.2, 0) is 35.2 Å². The van der Waals surface area contributed by atoms with Crippen LogP contribution in [0.25, 0.3) is 0 Å². The molecule has 12 nitrogen and oxygen atoms in total. The summed E-state index contributed by atoms with van der Waals surface area (Å²) in [7, 11) is 6.88. The van der Waals surface area contributed by atoms with E-state index in [1.165, 1.54) is 0 Å². The van der Waals surface area contributed by atoms with Gasteiger partial charge in [-0.3, -0.25) is 29.1 Å². The van der Waals surface area contributed by atoms with E-state index in [0.29, 0.717) is 25.1 Å². The van der Waals surface area contributed by atoms with E-state index in [4.69, 9.17) is 9.47 Å². The summed E-state index contributed by atoms with van der Waals surface area (Å²) in [6.07, 6.45) is 3.76. The number of aliphatic hydroxyl groups is 1. The van der Waals surface area contributed by atoms with Crippen molar-refractivity contribution in [1.29, 1.82) is 0 Å². The van der Waals surface area contributed by atoms with Crippen LogP contribution in [0.15, 0.2) is 54.9 Å². The van der Waals surface area contributed by atoms with Crippen molar-refractivity contribution in [2.45, 2.75) is 137 Å². The van der Waals surface area contributed by atoms with Crippen LogP contribution in [0.1, 0.15) is 105 Å². The van der Waals surface area contributed by atoms with Gasteiger partial charge in [0.25, 0.3) is 0 Å². The number of nitrogens with one attached hydrogen (secondary N) is 1. The highest BCUT2D eigenvalue weighted by molar-refractivity contribution is 5.90. The van der Waals surface area contributed by atoms with Crippen LogP contribution in [0, 0.1) is 29.6 Å². The Balaban J connectivity index is 1.76. The quantitative estimate of drug-likeness (QED) is 0.140. The Hall–Kier alpha value is -3.71. The molecule has 1 aliphatic rings. The van der Waals surface area contributed by atoms with E-state index < -0.39 is 42.2 Å². The van der Waals surface area contributed by atoms with Crippen LogP contribution in [0.4, 0.5) is 0 Å². The summed E-state index contributed by atoms with van der Waals surface area (Å²) in [5, 5.41) is 13.8. The molecule has 1 saturated heterocycles. The number of aromatic nitrogens is 1. The molecule has 2 aromatic rings. The van der Waals surface area contributed by atoms with Crippen molar-refractivity contribution in [2.75, 3.05) is 34.9 Å². The van der Waals surface area contributed by atoms with Crippen LogP contribution in [0.3, 0.4) is 0 Å². The van der Waals surface area contributed by atoms with Gasteiger partial charge >= 0.3 is 0 Å². The van der Waals surface area contributed by atoms with E-state index in [1.54, 1.807) is 52.4 Å². The predicted molar refractivity (Wildman–Crippen MR) is 227 cm³/mol. The van der Waals surface area contributed by atoms with Gasteiger partial charge < -0.3 is 29.7 Å². The second kappa shape index (κ2) is 23.2. The number of amides is 3. The third kappa shape index (κ3) is 12.6. The van der Waals surface area contributed by atoms with E-state index in [1.807, 2.05) is 82.1 Å². The van der Waals surface area contributed by atoms with Gasteiger partial charge in [-0.05, 0) is 67.8 Å². The van der Waals surface area contributed by atoms with Crippen LogP contribution >= 0.6 is 0 Å². The van der Waals surface area contributed by atoms with Crippen molar-refractivity contribution in [2.24, 2.45) is 29.6 Å². The van der Waals surface area contributed by atoms with Gasteiger partial charge in [-0.15, -0.1) is 0 Å². The number of nitrogens with zero attached hydrogens (tertiary/aromatic N) is 4. The lowest BCUT2D eigenvalue weighted by Gasteiger charge is -2.41. The van der Waals surface area contributed by atoms with Gasteiger partial charge in [-0.1, -0.05) is 85.2 Å². The molecule has 2 N–H and O–H groups in total. The van der Waals surface area contributed by atoms with E-state index in [9.17, 15) is 24.3 Å². The van der Waals surface area contributed by atoms with E-state index in [0.717, 1.165) is 18.4 Å². The van der Waals surface area contributed by atoms with Crippen LogP contribution in [0.5, 0.6) is 0 Å². The number of likely N-dealkylation sites (N-methyl/N-ethyl adjacent to an activating group) is 2. The van der Waals surface area contributed by atoms with Crippen molar-refractivity contribution in [3.63, 3.8) is 0 Å². The Morgan fingerprint density at radius 3 is 2.10 bits per heavy atom. The number of aliphatic hydroxyl groups excluding tert-OH is 1. The molecule has 0 bridgehead atoms. The normalized spacial score (nSPS) is 19.2. The molecule has 1 aliphatic heterocycles. The lowest BCUT2D eigenvalue weighted by atomic mass is 9.83. The summed E-state index contributed by atoms with van der Waals surface area (Å²) in [4.78, 5) is 66.2. The molecule has 58 heavy (non-hydrogen) atoms. The lowest BCUT2D eigenvalue weighted by molar-refractivity contribution is -0.149. The van der Waals surface area contributed by atoms with Crippen LogP contribution in [0.2, 0.25) is 0 Å². The SMILES string of the molecule is CC[C@H](C)[C@@H]([C@@H](CC(=O)N1CCC[C@H]1[C@H](OC)[C@@H](C)C(=O)N[C@H](C)[C@@H](O)c1ccccc1)OC)N(C)C(=O)[C@@H](CC(=O)[C@H](C(C)C)N(C)Cc1ccncc1)C(C)C. The number of pyridine rings is 1. The van der Waals surface area contributed by atoms with Gasteiger partial charge in [0.1, 0.15) is 0 Å². The molecule has 1 aromatic carbocycles. The Morgan fingerprint density at radius 2 is 1.55 bits per heavy atom. The largest absolute Gasteiger partial charge is 0.386 e. The molecule has 1 aromatic heterocycles. The monoisotopic (exact) mass is 808 g/mol. The highest BCUT2D eigenvalue weighted by Gasteiger charge is 2.43. The first-order valence-corrected chi connectivity index (χ1v) is 21.3. The Kier molecular flexibility index (Phi) is 19.4. The maximum atomic E-state index is 14.5. The molecule has 0 radical (unpaired) electrons. The van der Waals surface area contributed by atoms with Crippen molar-refractivity contribution in [3.05, 3.63) is 66.0 Å². The highest BCUT2D eigenvalue weighted by atomic mass is 16.5. The molecule has 0 unspecified atom stereocenters. The number of rotatable bonds is 23. The molecule has 3 rings (SSSR count). The van der Waals surface area contributed by atoms with Gasteiger partial charge in [0.2, 0.25) is 17.7 Å². The van der Waals surface area contributed by atoms with Gasteiger partial charge in [0.05, 0.1) is 54.8 Å². The number of ether oxygens (including phenoxy) is 2. The Labute approximate surface area is 348 Å². The zero-order chi connectivity index (χ0) is 43.3. The standard InChI is InChI=1S/C46H73N5O7/c1-13-31(6)42(50(10)46(56)36(29(2)3)26-38(52)41(30(4)5)49(9)28-34-21-23-47-24-22-34)39(57-11)27-40(53)51-25-17-20-37(51)44(58-12)32(7)45(55)48-33(8)43(54)35-18-15-14-16-19-35/h14-16,18-19,21-24,29-33,36-37,39,41-44,54H,13,17,20,25-28H2,1-12H3,(H,48,55)/t31-,32+,33+,36-,37-,39+,41-,42-,43+,44+/m0/s1. The summed E-state index contributed by atoms with van der Waals surface area (Å²) in [6.45, 7) is 16.8. The number of likely N-dealkylation sites (tertiary alicyclic amines) is 1. The van der Waals surface area contributed by atoms with Crippen molar-refractivity contribution >= 4 is 23.5 Å². The third-order valence-corrected chi connectivity index (χ3v) is 12.4.